The molecule has 0 bridgehead atoms. The Kier molecular flexibility index (Phi) is 6.15. The maximum atomic E-state index is 14.1. The fourth-order valence-corrected chi connectivity index (χ4v) is 3.15. The lowest BCUT2D eigenvalue weighted by atomic mass is 10.0. The van der Waals surface area contributed by atoms with E-state index in [-0.39, 0.29) is 11.9 Å². The first-order valence-corrected chi connectivity index (χ1v) is 7.98. The van der Waals surface area contributed by atoms with E-state index in [4.69, 9.17) is 0 Å². The van der Waals surface area contributed by atoms with E-state index in [1.807, 2.05) is 12.1 Å². The highest BCUT2D eigenvalue weighted by Gasteiger charge is 2.24. The lowest BCUT2D eigenvalue weighted by Gasteiger charge is -2.38. The zero-order valence-electron chi connectivity index (χ0n) is 13.5. The molecule has 3 nitrogen and oxygen atoms in total. The zero-order valence-corrected chi connectivity index (χ0v) is 13.5. The molecule has 1 fully saturated rings. The highest BCUT2D eigenvalue weighted by atomic mass is 19.1. The number of benzene rings is 1. The van der Waals surface area contributed by atoms with Crippen molar-refractivity contribution in [2.75, 3.05) is 40.3 Å². The number of nitrogens with zero attached hydrogens (tertiary/aromatic N) is 2. The molecule has 4 heteroatoms. The fraction of sp³-hybridized carbons (Fsp3) is 0.647. The lowest BCUT2D eigenvalue weighted by molar-refractivity contribution is 0.123. The Labute approximate surface area is 128 Å². The quantitative estimate of drug-likeness (QED) is 0.869. The Bertz CT molecular complexity index is 436. The Balaban J connectivity index is 2.04. The molecule has 2 unspecified atom stereocenters. The second-order valence-electron chi connectivity index (χ2n) is 6.15. The van der Waals surface area contributed by atoms with E-state index in [1.165, 1.54) is 12.8 Å². The Hall–Kier alpha value is -0.970. The second-order valence-corrected chi connectivity index (χ2v) is 6.15. The summed E-state index contributed by atoms with van der Waals surface area (Å²) in [4.78, 5) is 4.77. The molecule has 1 aliphatic rings. The Morgan fingerprint density at radius 1 is 1.38 bits per heavy atom. The molecule has 1 aromatic rings. The van der Waals surface area contributed by atoms with Crippen LogP contribution in [0, 0.1) is 5.82 Å². The van der Waals surface area contributed by atoms with E-state index in [1.54, 1.807) is 12.1 Å². The van der Waals surface area contributed by atoms with Crippen molar-refractivity contribution in [1.82, 2.24) is 15.1 Å². The van der Waals surface area contributed by atoms with Crippen LogP contribution in [-0.2, 0) is 0 Å². The van der Waals surface area contributed by atoms with Crippen LogP contribution in [0.2, 0.25) is 0 Å². The molecular formula is C17H28FN3. The Morgan fingerprint density at radius 2 is 2.14 bits per heavy atom. The number of likely N-dealkylation sites (N-methyl/N-ethyl adjacent to an activating group) is 2. The number of piperidine rings is 1. The second kappa shape index (κ2) is 7.87. The predicted octanol–water partition coefficient (Wildman–Crippen LogP) is 2.50. The van der Waals surface area contributed by atoms with Crippen LogP contribution in [0.15, 0.2) is 24.3 Å². The van der Waals surface area contributed by atoms with Crippen LogP contribution in [0.5, 0.6) is 0 Å². The number of nitrogens with one attached hydrogen (secondary N) is 1. The summed E-state index contributed by atoms with van der Waals surface area (Å²) < 4.78 is 14.1. The van der Waals surface area contributed by atoms with E-state index >= 15 is 0 Å². The highest BCUT2D eigenvalue weighted by molar-refractivity contribution is 5.21. The van der Waals surface area contributed by atoms with Crippen molar-refractivity contribution >= 4 is 0 Å². The van der Waals surface area contributed by atoms with E-state index < -0.39 is 0 Å². The maximum Gasteiger partial charge on any atom is 0.128 e. The summed E-state index contributed by atoms with van der Waals surface area (Å²) in [6.07, 6.45) is 2.48. The van der Waals surface area contributed by atoms with Gasteiger partial charge in [0.2, 0.25) is 0 Å². The maximum absolute atomic E-state index is 14.1. The van der Waals surface area contributed by atoms with Gasteiger partial charge in [-0.15, -0.1) is 0 Å². The van der Waals surface area contributed by atoms with Crippen LogP contribution in [0.1, 0.15) is 31.4 Å². The van der Waals surface area contributed by atoms with Crippen molar-refractivity contribution in [2.45, 2.75) is 31.8 Å². The van der Waals surface area contributed by atoms with Crippen LogP contribution in [0.3, 0.4) is 0 Å². The molecule has 0 radical (unpaired) electrons. The van der Waals surface area contributed by atoms with Crippen molar-refractivity contribution in [1.29, 1.82) is 0 Å². The topological polar surface area (TPSA) is 18.5 Å². The van der Waals surface area contributed by atoms with Crippen molar-refractivity contribution in [3.8, 4) is 0 Å². The zero-order chi connectivity index (χ0) is 15.2. The molecular weight excluding hydrogens is 265 g/mol. The van der Waals surface area contributed by atoms with Gasteiger partial charge in [-0.3, -0.25) is 4.90 Å². The average molecular weight is 293 g/mol. The molecule has 0 saturated carbocycles. The van der Waals surface area contributed by atoms with Crippen molar-refractivity contribution < 1.29 is 4.39 Å². The number of hydrogen-bond donors (Lipinski definition) is 1. The van der Waals surface area contributed by atoms with Gasteiger partial charge in [0.25, 0.3) is 0 Å². The van der Waals surface area contributed by atoms with Gasteiger partial charge >= 0.3 is 0 Å². The molecule has 0 spiro atoms. The van der Waals surface area contributed by atoms with Crippen LogP contribution in [0.25, 0.3) is 0 Å². The van der Waals surface area contributed by atoms with Gasteiger partial charge in [-0.2, -0.15) is 0 Å². The van der Waals surface area contributed by atoms with Gasteiger partial charge in [-0.05, 0) is 46.1 Å². The van der Waals surface area contributed by atoms with Gasteiger partial charge in [0.05, 0.1) is 0 Å². The minimum Gasteiger partial charge on any atom is -0.309 e. The van der Waals surface area contributed by atoms with Gasteiger partial charge in [0, 0.05) is 30.7 Å². The van der Waals surface area contributed by atoms with Gasteiger partial charge in [-0.25, -0.2) is 4.39 Å². The van der Waals surface area contributed by atoms with Crippen LogP contribution < -0.4 is 5.32 Å². The molecule has 1 heterocycles. The summed E-state index contributed by atoms with van der Waals surface area (Å²) in [6.45, 7) is 5.99. The first-order valence-electron chi connectivity index (χ1n) is 7.98. The lowest BCUT2D eigenvalue weighted by Crippen LogP contribution is -2.47. The third-order valence-corrected chi connectivity index (χ3v) is 4.38. The molecule has 0 aliphatic carbocycles. The number of hydrogen-bond acceptors (Lipinski definition) is 3. The minimum absolute atomic E-state index is 0.0668. The van der Waals surface area contributed by atoms with Crippen LogP contribution >= 0.6 is 0 Å². The molecule has 1 aliphatic heterocycles. The van der Waals surface area contributed by atoms with Gasteiger partial charge < -0.3 is 10.2 Å². The van der Waals surface area contributed by atoms with Gasteiger partial charge in [-0.1, -0.05) is 25.1 Å². The van der Waals surface area contributed by atoms with Crippen molar-refractivity contribution in [3.05, 3.63) is 35.6 Å². The monoisotopic (exact) mass is 293 g/mol. The normalized spacial score (nSPS) is 21.7. The average Bonchev–Trinajstić information content (AvgIpc) is 2.48. The molecule has 2 rings (SSSR count). The smallest absolute Gasteiger partial charge is 0.128 e. The van der Waals surface area contributed by atoms with E-state index in [0.717, 1.165) is 31.7 Å². The largest absolute Gasteiger partial charge is 0.309 e. The molecule has 1 N–H and O–H groups in total. The summed E-state index contributed by atoms with van der Waals surface area (Å²) in [7, 11) is 4.29. The third-order valence-electron chi connectivity index (χ3n) is 4.38. The SMILES string of the molecule is CCNC(CN1CCCC(N(C)C)C1)c1ccccc1F. The molecule has 0 aromatic heterocycles. The van der Waals surface area contributed by atoms with E-state index in [2.05, 4.69) is 36.1 Å². The van der Waals surface area contributed by atoms with Crippen molar-refractivity contribution in [3.63, 3.8) is 0 Å². The summed E-state index contributed by atoms with van der Waals surface area (Å²) in [5, 5.41) is 3.44. The van der Waals surface area contributed by atoms with Gasteiger partial charge in [0.1, 0.15) is 5.82 Å². The van der Waals surface area contributed by atoms with E-state index in [0.29, 0.717) is 6.04 Å². The molecule has 0 amide bonds. The summed E-state index contributed by atoms with van der Waals surface area (Å²) in [5.41, 5.74) is 0.784. The minimum atomic E-state index is -0.107. The molecule has 1 saturated heterocycles. The number of halogens is 1. The predicted molar refractivity (Wildman–Crippen MR) is 86.0 cm³/mol. The summed E-state index contributed by atoms with van der Waals surface area (Å²) >= 11 is 0. The molecule has 21 heavy (non-hydrogen) atoms. The fourth-order valence-electron chi connectivity index (χ4n) is 3.15. The molecule has 118 valence electrons. The van der Waals surface area contributed by atoms with Crippen LogP contribution in [-0.4, -0.2) is 56.1 Å². The summed E-state index contributed by atoms with van der Waals surface area (Å²) in [5.74, 6) is -0.107. The summed E-state index contributed by atoms with van der Waals surface area (Å²) in [6, 6.07) is 7.81. The van der Waals surface area contributed by atoms with E-state index in [9.17, 15) is 4.39 Å². The van der Waals surface area contributed by atoms with Crippen LogP contribution in [0.4, 0.5) is 4.39 Å². The molecule has 2 atom stereocenters. The first-order chi connectivity index (χ1) is 10.1. The standard InChI is InChI=1S/C17H28FN3/c1-4-19-17(15-9-5-6-10-16(15)18)13-21-11-7-8-14(12-21)20(2)3/h5-6,9-10,14,17,19H,4,7-8,11-13H2,1-3H3. The molecule has 1 aromatic carbocycles. The van der Waals surface area contributed by atoms with Gasteiger partial charge in [0.15, 0.2) is 0 Å². The number of likely N-dealkylation sites (tertiary alicyclic amines) is 1. The first kappa shape index (κ1) is 16.4. The highest BCUT2D eigenvalue weighted by Crippen LogP contribution is 2.21. The van der Waals surface area contributed by atoms with Crippen molar-refractivity contribution in [2.24, 2.45) is 0 Å². The number of rotatable bonds is 6. The Morgan fingerprint density at radius 3 is 2.81 bits per heavy atom. The third kappa shape index (κ3) is 4.50.